The Hall–Kier alpha value is -0.440. The van der Waals surface area contributed by atoms with E-state index in [-0.39, 0.29) is 0 Å². The molecular weight excluding hydrogens is 464 g/mol. The van der Waals surface area contributed by atoms with Crippen molar-refractivity contribution in [3.8, 4) is 0 Å². The molecule has 168 valence electrons. The van der Waals surface area contributed by atoms with Crippen molar-refractivity contribution in [1.82, 2.24) is 14.0 Å². The van der Waals surface area contributed by atoms with Gasteiger partial charge in [0.25, 0.3) is 0 Å². The topological polar surface area (TPSA) is 75.6 Å². The molecule has 7 nitrogen and oxygen atoms in total. The third-order valence-electron chi connectivity index (χ3n) is 5.16. The fourth-order valence-electron chi connectivity index (χ4n) is 3.21. The number of hydrogen-bond donors (Lipinski definition) is 2. The number of aliphatic carboxylic acids is 1. The Bertz CT molecular complexity index is 716. The maximum atomic E-state index is 10.7. The van der Waals surface area contributed by atoms with Crippen LogP contribution < -0.4 is 10.6 Å². The van der Waals surface area contributed by atoms with E-state index in [0.29, 0.717) is 18.2 Å². The Morgan fingerprint density at radius 3 is 1.80 bits per heavy atom. The van der Waals surface area contributed by atoms with Gasteiger partial charge in [-0.05, 0) is 35.9 Å². The first-order valence-corrected chi connectivity index (χ1v) is 13.9. The summed E-state index contributed by atoms with van der Waals surface area (Å²) in [6.07, 6.45) is 0.320. The molecule has 0 bridgehead atoms. The van der Waals surface area contributed by atoms with Crippen molar-refractivity contribution >= 4 is 53.2 Å². The Kier molecular flexibility index (Phi) is 8.82. The molecule has 0 aliphatic carbocycles. The largest absolute Gasteiger partial charge is 0.480 e. The van der Waals surface area contributed by atoms with Gasteiger partial charge < -0.3 is 15.7 Å². The maximum Gasteiger partial charge on any atom is 0.320 e. The summed E-state index contributed by atoms with van der Waals surface area (Å²) in [6.45, 7) is 7.71. The molecule has 0 radical (unpaired) electrons. The van der Waals surface area contributed by atoms with E-state index in [1.165, 1.54) is 39.3 Å². The molecule has 0 aromatic heterocycles. The van der Waals surface area contributed by atoms with Crippen LogP contribution in [0.25, 0.3) is 0 Å². The monoisotopic (exact) mass is 493 g/mol. The van der Waals surface area contributed by atoms with E-state index in [1.807, 2.05) is 24.3 Å². The van der Waals surface area contributed by atoms with Gasteiger partial charge in [-0.3, -0.25) is 4.79 Å². The highest BCUT2D eigenvalue weighted by Crippen LogP contribution is 2.65. The summed E-state index contributed by atoms with van der Waals surface area (Å²) >= 11 is 17.3. The number of benzene rings is 1. The van der Waals surface area contributed by atoms with E-state index in [4.69, 9.17) is 45.8 Å². The molecule has 3 N–H and O–H groups in total. The molecule has 1 aromatic rings. The molecule has 3 aliphatic rings. The predicted octanol–water partition coefficient (Wildman–Crippen LogP) is 2.08. The van der Waals surface area contributed by atoms with E-state index in [9.17, 15) is 4.79 Å². The van der Waals surface area contributed by atoms with Crippen molar-refractivity contribution in [3.05, 3.63) is 29.8 Å². The highest BCUT2D eigenvalue weighted by atomic mass is 35.5. The Morgan fingerprint density at radius 1 is 1.03 bits per heavy atom. The summed E-state index contributed by atoms with van der Waals surface area (Å²) in [5.41, 5.74) is 7.42. The molecule has 11 heteroatoms. The van der Waals surface area contributed by atoms with Gasteiger partial charge in [-0.25, -0.2) is 14.0 Å². The van der Waals surface area contributed by atoms with Gasteiger partial charge >= 0.3 is 5.97 Å². The summed E-state index contributed by atoms with van der Waals surface area (Å²) < 4.78 is 7.47. The van der Waals surface area contributed by atoms with Gasteiger partial charge in [0.15, 0.2) is 0 Å². The maximum absolute atomic E-state index is 10.7. The number of hydrogen-bond acceptors (Lipinski definition) is 4. The quantitative estimate of drug-likeness (QED) is 0.275. The summed E-state index contributed by atoms with van der Waals surface area (Å²) in [5, 5.41) is 8.76. The number of nitrogens with zero attached hydrogens (tertiary/aromatic N) is 4. The van der Waals surface area contributed by atoms with Crippen molar-refractivity contribution in [2.75, 3.05) is 69.0 Å². The smallest absolute Gasteiger partial charge is 0.320 e. The fraction of sp³-hybridized carbons (Fsp3) is 0.632. The van der Waals surface area contributed by atoms with Crippen LogP contribution in [0.5, 0.6) is 0 Å². The second kappa shape index (κ2) is 10.9. The van der Waals surface area contributed by atoms with Gasteiger partial charge in [-0.2, -0.15) is 0 Å². The molecule has 4 rings (SSSR count). The molecule has 0 saturated carbocycles. The summed E-state index contributed by atoms with van der Waals surface area (Å²) in [5.74, 6) is 0.0698. The number of rotatable bonds is 11. The Balaban J connectivity index is 0.000000193. The van der Waals surface area contributed by atoms with E-state index in [0.717, 1.165) is 24.3 Å². The number of alkyl halides is 2. The second-order valence-corrected chi connectivity index (χ2v) is 12.5. The molecule has 1 atom stereocenters. The lowest BCUT2D eigenvalue weighted by Gasteiger charge is -2.25. The van der Waals surface area contributed by atoms with Crippen LogP contribution in [0, 0.1) is 0 Å². The molecule has 3 saturated heterocycles. The fourth-order valence-corrected chi connectivity index (χ4v) is 7.99. The molecule has 3 aliphatic heterocycles. The molecular formula is C19H30Cl2N5O2PS. The van der Waals surface area contributed by atoms with Crippen LogP contribution in [-0.4, -0.2) is 95.2 Å². The zero-order valence-corrected chi connectivity index (χ0v) is 20.2. The molecule has 30 heavy (non-hydrogen) atoms. The van der Waals surface area contributed by atoms with E-state index >= 15 is 0 Å². The van der Waals surface area contributed by atoms with Crippen LogP contribution in [0.4, 0.5) is 5.69 Å². The normalized spacial score (nSPS) is 19.6. The van der Waals surface area contributed by atoms with Crippen molar-refractivity contribution in [1.29, 1.82) is 0 Å². The van der Waals surface area contributed by atoms with Gasteiger partial charge in [0, 0.05) is 69.8 Å². The Morgan fingerprint density at radius 2 is 1.47 bits per heavy atom. The van der Waals surface area contributed by atoms with Crippen LogP contribution in [0.1, 0.15) is 5.56 Å². The average Bonchev–Trinajstić information content (AvgIpc) is 3.61. The number of halogens is 2. The molecule has 0 amide bonds. The summed E-state index contributed by atoms with van der Waals surface area (Å²) in [7, 11) is 0. The molecule has 1 aromatic carbocycles. The van der Waals surface area contributed by atoms with Gasteiger partial charge in [0.2, 0.25) is 0 Å². The number of carboxylic acids is 1. The number of nitrogens with two attached hydrogens (primary N) is 1. The minimum atomic E-state index is -1.27. The van der Waals surface area contributed by atoms with Crippen LogP contribution in [0.2, 0.25) is 0 Å². The lowest BCUT2D eigenvalue weighted by atomic mass is 10.1. The third-order valence-corrected chi connectivity index (χ3v) is 11.0. The molecule has 3 fully saturated rings. The highest BCUT2D eigenvalue weighted by Gasteiger charge is 2.50. The minimum absolute atomic E-state index is 0.320. The molecule has 0 unspecified atom stereocenters. The van der Waals surface area contributed by atoms with Gasteiger partial charge in [0.05, 0.1) is 0 Å². The van der Waals surface area contributed by atoms with Gasteiger partial charge in [-0.1, -0.05) is 12.1 Å². The van der Waals surface area contributed by atoms with E-state index in [2.05, 4.69) is 18.9 Å². The van der Waals surface area contributed by atoms with Gasteiger partial charge in [0.1, 0.15) is 12.5 Å². The zero-order valence-electron chi connectivity index (χ0n) is 17.0. The van der Waals surface area contributed by atoms with E-state index in [1.54, 1.807) is 0 Å². The lowest BCUT2D eigenvalue weighted by Crippen LogP contribution is -2.32. The first-order chi connectivity index (χ1) is 14.4. The van der Waals surface area contributed by atoms with Crippen LogP contribution in [0.3, 0.4) is 0 Å². The second-order valence-electron chi connectivity index (χ2n) is 7.55. The van der Waals surface area contributed by atoms with Crippen molar-refractivity contribution in [3.63, 3.8) is 0 Å². The SMILES string of the molecule is N[C@@H](Cc1ccc(N(CCCl)CCCl)cc1)C(=O)O.S=P(N1CC1)(N1CC1)N1CC1. The zero-order chi connectivity index (χ0) is 21.7. The third kappa shape index (κ3) is 6.53. The standard InChI is InChI=1S/C13H18Cl2N2O2.C6H12N3PS/c14-5-7-17(8-6-15)11-3-1-10(2-4-11)9-12(16)13(18)19;11-10(7-1-2-7,8-3-4-8)9-5-6-9/h1-4,12H,5-9,16H2,(H,18,19);1-6H2/t12-;/m0./s1. The first-order valence-electron chi connectivity index (χ1n) is 10.2. The minimum Gasteiger partial charge on any atom is -0.480 e. The van der Waals surface area contributed by atoms with Crippen molar-refractivity contribution in [2.24, 2.45) is 5.73 Å². The number of carbonyl (C=O) groups is 1. The highest BCUT2D eigenvalue weighted by molar-refractivity contribution is 8.11. The van der Waals surface area contributed by atoms with Crippen molar-refractivity contribution < 1.29 is 9.90 Å². The lowest BCUT2D eigenvalue weighted by molar-refractivity contribution is -0.138. The van der Waals surface area contributed by atoms with Crippen LogP contribution >= 0.6 is 29.7 Å². The van der Waals surface area contributed by atoms with Crippen LogP contribution in [-0.2, 0) is 23.0 Å². The molecule has 3 heterocycles. The number of anilines is 1. The predicted molar refractivity (Wildman–Crippen MR) is 128 cm³/mol. The summed E-state index contributed by atoms with van der Waals surface area (Å²) in [6, 6.07) is 6.76. The number of carboxylic acid groups (broad SMARTS) is 1. The van der Waals surface area contributed by atoms with Crippen LogP contribution in [0.15, 0.2) is 24.3 Å². The summed E-state index contributed by atoms with van der Waals surface area (Å²) in [4.78, 5) is 12.8. The van der Waals surface area contributed by atoms with Crippen molar-refractivity contribution in [2.45, 2.75) is 12.5 Å². The Labute approximate surface area is 193 Å². The average molecular weight is 494 g/mol. The first kappa shape index (κ1) is 24.2. The van der Waals surface area contributed by atoms with E-state index < -0.39 is 18.5 Å². The molecule has 0 spiro atoms. The van der Waals surface area contributed by atoms with Gasteiger partial charge in [-0.15, -0.1) is 23.2 Å².